The van der Waals surface area contributed by atoms with E-state index in [0.29, 0.717) is 12.0 Å². The van der Waals surface area contributed by atoms with Gasteiger partial charge in [-0.1, -0.05) is 19.1 Å². The van der Waals surface area contributed by atoms with E-state index >= 15 is 0 Å². The average molecular weight is 276 g/mol. The fourth-order valence-electron chi connectivity index (χ4n) is 2.46. The highest BCUT2D eigenvalue weighted by molar-refractivity contribution is 5.49. The van der Waals surface area contributed by atoms with Crippen LogP contribution in [0.1, 0.15) is 47.1 Å². The molecule has 1 N–H and O–H groups in total. The number of hydrogen-bond acceptors (Lipinski definition) is 2. The zero-order valence-electron chi connectivity index (χ0n) is 14.3. The van der Waals surface area contributed by atoms with Crippen molar-refractivity contribution in [3.05, 3.63) is 29.8 Å². The minimum absolute atomic E-state index is 0.189. The molecule has 0 heterocycles. The van der Waals surface area contributed by atoms with E-state index in [4.69, 9.17) is 0 Å². The Morgan fingerprint density at radius 3 is 2.35 bits per heavy atom. The molecule has 0 aromatic heterocycles. The number of hydrogen-bond donors (Lipinski definition) is 1. The minimum atomic E-state index is 0.189. The largest absolute Gasteiger partial charge is 0.369 e. The Hall–Kier alpha value is -1.02. The van der Waals surface area contributed by atoms with Crippen LogP contribution in [0.25, 0.3) is 0 Å². The summed E-state index contributed by atoms with van der Waals surface area (Å²) in [4.78, 5) is 2.50. The molecule has 0 fully saturated rings. The Balaban J connectivity index is 2.74. The van der Waals surface area contributed by atoms with Gasteiger partial charge in [-0.05, 0) is 65.2 Å². The van der Waals surface area contributed by atoms with Gasteiger partial charge in [-0.15, -0.1) is 0 Å². The standard InChI is InChI=1S/C18H32N2/c1-8-20(17-11-9-10-14(2)12-17)16(4)15(3)13-19-18(5,6)7/h9-12,15-16,19H,8,13H2,1-7H3. The minimum Gasteiger partial charge on any atom is -0.369 e. The third kappa shape index (κ3) is 5.16. The zero-order chi connectivity index (χ0) is 15.3. The van der Waals surface area contributed by atoms with Gasteiger partial charge < -0.3 is 10.2 Å². The van der Waals surface area contributed by atoms with Crippen molar-refractivity contribution in [1.29, 1.82) is 0 Å². The third-order valence-electron chi connectivity index (χ3n) is 3.94. The van der Waals surface area contributed by atoms with Crippen molar-refractivity contribution in [2.75, 3.05) is 18.0 Å². The summed E-state index contributed by atoms with van der Waals surface area (Å²) in [5, 5.41) is 3.62. The monoisotopic (exact) mass is 276 g/mol. The quantitative estimate of drug-likeness (QED) is 0.836. The molecule has 2 heteroatoms. The first-order chi connectivity index (χ1) is 9.24. The van der Waals surface area contributed by atoms with Crippen molar-refractivity contribution in [3.63, 3.8) is 0 Å². The maximum Gasteiger partial charge on any atom is 0.0371 e. The van der Waals surface area contributed by atoms with Crippen LogP contribution in [0.2, 0.25) is 0 Å². The molecule has 1 aromatic carbocycles. The van der Waals surface area contributed by atoms with Gasteiger partial charge in [-0.25, -0.2) is 0 Å². The van der Waals surface area contributed by atoms with E-state index in [0.717, 1.165) is 13.1 Å². The molecule has 2 nitrogen and oxygen atoms in total. The summed E-state index contributed by atoms with van der Waals surface area (Å²) < 4.78 is 0. The van der Waals surface area contributed by atoms with Gasteiger partial charge in [-0.2, -0.15) is 0 Å². The van der Waals surface area contributed by atoms with Crippen LogP contribution in [-0.2, 0) is 0 Å². The average Bonchev–Trinajstić information content (AvgIpc) is 2.36. The predicted octanol–water partition coefficient (Wildman–Crippen LogP) is 4.23. The van der Waals surface area contributed by atoms with Crippen LogP contribution in [-0.4, -0.2) is 24.7 Å². The molecule has 2 unspecified atom stereocenters. The Kier molecular flexibility index (Phi) is 6.07. The van der Waals surface area contributed by atoms with E-state index in [-0.39, 0.29) is 5.54 Å². The lowest BCUT2D eigenvalue weighted by Gasteiger charge is -2.36. The van der Waals surface area contributed by atoms with Crippen molar-refractivity contribution in [2.45, 2.75) is 60.0 Å². The van der Waals surface area contributed by atoms with Crippen molar-refractivity contribution in [3.8, 4) is 0 Å². The van der Waals surface area contributed by atoms with Crippen LogP contribution < -0.4 is 10.2 Å². The fraction of sp³-hybridized carbons (Fsp3) is 0.667. The van der Waals surface area contributed by atoms with Gasteiger partial charge >= 0.3 is 0 Å². The summed E-state index contributed by atoms with van der Waals surface area (Å²) in [6.07, 6.45) is 0. The highest BCUT2D eigenvalue weighted by Gasteiger charge is 2.21. The third-order valence-corrected chi connectivity index (χ3v) is 3.94. The maximum absolute atomic E-state index is 3.62. The number of benzene rings is 1. The van der Waals surface area contributed by atoms with Crippen molar-refractivity contribution in [2.24, 2.45) is 5.92 Å². The molecule has 0 aliphatic rings. The van der Waals surface area contributed by atoms with Gasteiger partial charge in [0.2, 0.25) is 0 Å². The van der Waals surface area contributed by atoms with Crippen LogP contribution in [0.15, 0.2) is 24.3 Å². The van der Waals surface area contributed by atoms with Gasteiger partial charge in [0, 0.05) is 30.4 Å². The van der Waals surface area contributed by atoms with Crippen LogP contribution in [0.3, 0.4) is 0 Å². The SMILES string of the molecule is CCN(c1cccc(C)c1)C(C)C(C)CNC(C)(C)C. The summed E-state index contributed by atoms with van der Waals surface area (Å²) >= 11 is 0. The molecule has 114 valence electrons. The van der Waals surface area contributed by atoms with Gasteiger partial charge in [0.15, 0.2) is 0 Å². The first kappa shape index (κ1) is 17.0. The lowest BCUT2D eigenvalue weighted by Crippen LogP contribution is -2.45. The van der Waals surface area contributed by atoms with Crippen molar-refractivity contribution in [1.82, 2.24) is 5.32 Å². The zero-order valence-corrected chi connectivity index (χ0v) is 14.3. The molecule has 0 aliphatic carbocycles. The first-order valence-corrected chi connectivity index (χ1v) is 7.83. The first-order valence-electron chi connectivity index (χ1n) is 7.83. The smallest absolute Gasteiger partial charge is 0.0371 e. The molecular formula is C18H32N2. The molecular weight excluding hydrogens is 244 g/mol. The molecule has 0 amide bonds. The van der Waals surface area contributed by atoms with Gasteiger partial charge in [0.1, 0.15) is 0 Å². The second kappa shape index (κ2) is 7.12. The highest BCUT2D eigenvalue weighted by atomic mass is 15.2. The summed E-state index contributed by atoms with van der Waals surface area (Å²) in [5.74, 6) is 0.606. The lowest BCUT2D eigenvalue weighted by atomic mass is 9.99. The summed E-state index contributed by atoms with van der Waals surface area (Å²) in [7, 11) is 0. The van der Waals surface area contributed by atoms with Crippen LogP contribution in [0.5, 0.6) is 0 Å². The lowest BCUT2D eigenvalue weighted by molar-refractivity contribution is 0.351. The molecule has 20 heavy (non-hydrogen) atoms. The molecule has 1 aromatic rings. The number of aryl methyl sites for hydroxylation is 1. The van der Waals surface area contributed by atoms with Crippen LogP contribution >= 0.6 is 0 Å². The normalized spacial score (nSPS) is 14.9. The summed E-state index contributed by atoms with van der Waals surface area (Å²) in [6, 6.07) is 9.34. The van der Waals surface area contributed by atoms with E-state index in [9.17, 15) is 0 Å². The summed E-state index contributed by atoms with van der Waals surface area (Å²) in [6.45, 7) is 17.8. The Morgan fingerprint density at radius 1 is 1.20 bits per heavy atom. The topological polar surface area (TPSA) is 15.3 Å². The number of rotatable bonds is 6. The number of nitrogens with one attached hydrogen (secondary N) is 1. The van der Waals surface area contributed by atoms with Crippen LogP contribution in [0, 0.1) is 12.8 Å². The van der Waals surface area contributed by atoms with E-state index in [1.807, 2.05) is 0 Å². The van der Waals surface area contributed by atoms with Crippen LogP contribution in [0.4, 0.5) is 5.69 Å². The second-order valence-electron chi connectivity index (χ2n) is 6.97. The van der Waals surface area contributed by atoms with Gasteiger partial charge in [0.25, 0.3) is 0 Å². The van der Waals surface area contributed by atoms with Crippen molar-refractivity contribution >= 4 is 5.69 Å². The number of anilines is 1. The van der Waals surface area contributed by atoms with Crippen molar-refractivity contribution < 1.29 is 0 Å². The van der Waals surface area contributed by atoms with Gasteiger partial charge in [-0.3, -0.25) is 0 Å². The molecule has 0 spiro atoms. The molecule has 0 bridgehead atoms. The molecule has 0 saturated heterocycles. The summed E-state index contributed by atoms with van der Waals surface area (Å²) in [5.41, 5.74) is 2.85. The highest BCUT2D eigenvalue weighted by Crippen LogP contribution is 2.22. The van der Waals surface area contributed by atoms with E-state index in [1.165, 1.54) is 11.3 Å². The van der Waals surface area contributed by atoms with E-state index in [1.54, 1.807) is 0 Å². The molecule has 2 atom stereocenters. The predicted molar refractivity (Wildman–Crippen MR) is 90.6 cm³/mol. The molecule has 0 aliphatic heterocycles. The van der Waals surface area contributed by atoms with Gasteiger partial charge in [0.05, 0.1) is 0 Å². The number of nitrogens with zero attached hydrogens (tertiary/aromatic N) is 1. The van der Waals surface area contributed by atoms with E-state index < -0.39 is 0 Å². The Bertz CT molecular complexity index is 406. The fourth-order valence-corrected chi connectivity index (χ4v) is 2.46. The molecule has 0 radical (unpaired) electrons. The Morgan fingerprint density at radius 2 is 1.85 bits per heavy atom. The second-order valence-corrected chi connectivity index (χ2v) is 6.97. The Labute approximate surface area is 125 Å². The van der Waals surface area contributed by atoms with E-state index in [2.05, 4.69) is 82.9 Å². The molecule has 1 rings (SSSR count). The maximum atomic E-state index is 3.62. The molecule has 0 saturated carbocycles.